The van der Waals surface area contributed by atoms with Crippen LogP contribution in [-0.2, 0) is 6.54 Å². The van der Waals surface area contributed by atoms with Gasteiger partial charge in [0.25, 0.3) is 0 Å². The maximum absolute atomic E-state index is 13.7. The first-order valence-corrected chi connectivity index (χ1v) is 6.24. The maximum Gasteiger partial charge on any atom is 0.132 e. The second kappa shape index (κ2) is 6.21. The van der Waals surface area contributed by atoms with Gasteiger partial charge in [0.15, 0.2) is 0 Å². The van der Waals surface area contributed by atoms with E-state index in [0.717, 1.165) is 12.1 Å². The molecule has 0 aliphatic carbocycles. The lowest BCUT2D eigenvalue weighted by molar-refractivity contribution is 0.559. The molecule has 0 radical (unpaired) electrons. The quantitative estimate of drug-likeness (QED) is 0.933. The van der Waals surface area contributed by atoms with Crippen molar-refractivity contribution in [3.05, 3.63) is 63.7 Å². The van der Waals surface area contributed by atoms with Crippen LogP contribution in [0.5, 0.6) is 0 Å². The third-order valence-corrected chi connectivity index (χ3v) is 3.15. The Bertz CT molecular complexity index is 752. The van der Waals surface area contributed by atoms with Crippen LogP contribution in [0.15, 0.2) is 30.3 Å². The molecule has 0 fully saturated rings. The zero-order chi connectivity index (χ0) is 15.4. The van der Waals surface area contributed by atoms with E-state index in [1.54, 1.807) is 6.07 Å². The number of hydrogen-bond donors (Lipinski definition) is 1. The molecule has 0 bridgehead atoms. The Morgan fingerprint density at radius 1 is 1.00 bits per heavy atom. The molecule has 2 aromatic rings. The molecule has 0 spiro atoms. The Morgan fingerprint density at radius 2 is 1.62 bits per heavy atom. The fourth-order valence-corrected chi connectivity index (χ4v) is 1.93. The summed E-state index contributed by atoms with van der Waals surface area (Å²) in [6.45, 7) is -0.155. The summed E-state index contributed by atoms with van der Waals surface area (Å²) in [5.41, 5.74) is 0.493. The van der Waals surface area contributed by atoms with Crippen molar-refractivity contribution in [2.45, 2.75) is 6.54 Å². The number of halogens is 3. The Morgan fingerprint density at radius 3 is 2.19 bits per heavy atom. The van der Waals surface area contributed by atoms with E-state index in [1.807, 2.05) is 6.07 Å². The molecule has 0 atom stereocenters. The molecule has 0 aliphatic rings. The standard InChI is InChI=1S/C15H8ClF2N3/c16-12-2-1-9(6-19)5-15(12)21-8-11-13(17)3-10(7-20)4-14(11)18/h1-5,21H,8H2. The van der Waals surface area contributed by atoms with Crippen LogP contribution in [0.1, 0.15) is 16.7 Å². The van der Waals surface area contributed by atoms with Crippen molar-refractivity contribution >= 4 is 17.3 Å². The second-order valence-electron chi connectivity index (χ2n) is 4.19. The van der Waals surface area contributed by atoms with Crippen LogP contribution in [0.2, 0.25) is 5.02 Å². The molecule has 21 heavy (non-hydrogen) atoms. The van der Waals surface area contributed by atoms with E-state index < -0.39 is 11.6 Å². The van der Waals surface area contributed by atoms with E-state index in [9.17, 15) is 8.78 Å². The summed E-state index contributed by atoms with van der Waals surface area (Å²) < 4.78 is 27.5. The predicted molar refractivity (Wildman–Crippen MR) is 74.6 cm³/mol. The molecular weight excluding hydrogens is 296 g/mol. The highest BCUT2D eigenvalue weighted by molar-refractivity contribution is 6.33. The van der Waals surface area contributed by atoms with E-state index in [-0.39, 0.29) is 17.7 Å². The molecule has 0 heterocycles. The lowest BCUT2D eigenvalue weighted by Gasteiger charge is -2.10. The number of nitrogens with one attached hydrogen (secondary N) is 1. The Hall–Kier alpha value is -2.63. The van der Waals surface area contributed by atoms with Gasteiger partial charge >= 0.3 is 0 Å². The zero-order valence-corrected chi connectivity index (χ0v) is 11.4. The number of nitrogens with zero attached hydrogens (tertiary/aromatic N) is 2. The van der Waals surface area contributed by atoms with Crippen LogP contribution >= 0.6 is 11.6 Å². The average Bonchev–Trinajstić information content (AvgIpc) is 2.47. The van der Waals surface area contributed by atoms with Crippen molar-refractivity contribution in [3.63, 3.8) is 0 Å². The molecule has 0 saturated carbocycles. The van der Waals surface area contributed by atoms with Crippen LogP contribution < -0.4 is 5.32 Å². The molecule has 104 valence electrons. The highest BCUT2D eigenvalue weighted by Crippen LogP contribution is 2.24. The van der Waals surface area contributed by atoms with Crippen molar-refractivity contribution in [1.29, 1.82) is 10.5 Å². The van der Waals surface area contributed by atoms with Gasteiger partial charge in [0.05, 0.1) is 34.0 Å². The minimum atomic E-state index is -0.813. The maximum atomic E-state index is 13.7. The molecule has 0 unspecified atom stereocenters. The van der Waals surface area contributed by atoms with Gasteiger partial charge in [-0.15, -0.1) is 0 Å². The van der Waals surface area contributed by atoms with E-state index in [0.29, 0.717) is 16.3 Å². The molecule has 1 N–H and O–H groups in total. The van der Waals surface area contributed by atoms with Gasteiger partial charge in [-0.1, -0.05) is 11.6 Å². The van der Waals surface area contributed by atoms with E-state index in [4.69, 9.17) is 22.1 Å². The van der Waals surface area contributed by atoms with Gasteiger partial charge in [-0.3, -0.25) is 0 Å². The Labute approximate surface area is 125 Å². The first kappa shape index (κ1) is 14.8. The summed E-state index contributed by atoms with van der Waals surface area (Å²) >= 11 is 5.94. The molecule has 0 amide bonds. The van der Waals surface area contributed by atoms with Crippen molar-refractivity contribution in [2.24, 2.45) is 0 Å². The van der Waals surface area contributed by atoms with Gasteiger partial charge in [-0.05, 0) is 30.3 Å². The van der Waals surface area contributed by atoms with Crippen LogP contribution in [0, 0.1) is 34.3 Å². The fraction of sp³-hybridized carbons (Fsp3) is 0.0667. The largest absolute Gasteiger partial charge is 0.380 e. The molecule has 0 saturated heterocycles. The SMILES string of the molecule is N#Cc1cc(F)c(CNc2cc(C#N)ccc2Cl)c(F)c1. The van der Waals surface area contributed by atoms with E-state index in [1.165, 1.54) is 18.2 Å². The normalized spacial score (nSPS) is 9.76. The second-order valence-corrected chi connectivity index (χ2v) is 4.60. The molecule has 2 aromatic carbocycles. The minimum Gasteiger partial charge on any atom is -0.380 e. The molecular formula is C15H8ClF2N3. The van der Waals surface area contributed by atoms with Crippen LogP contribution in [-0.4, -0.2) is 0 Å². The highest BCUT2D eigenvalue weighted by atomic mass is 35.5. The molecule has 2 rings (SSSR count). The molecule has 3 nitrogen and oxygen atoms in total. The summed E-state index contributed by atoms with van der Waals surface area (Å²) in [5, 5.41) is 20.6. The number of rotatable bonds is 3. The van der Waals surface area contributed by atoms with Gasteiger partial charge in [0.1, 0.15) is 11.6 Å². The van der Waals surface area contributed by atoms with Gasteiger partial charge < -0.3 is 5.32 Å². The predicted octanol–water partition coefficient (Wildman–Crippen LogP) is 3.97. The molecule has 0 aromatic heterocycles. The monoisotopic (exact) mass is 303 g/mol. The van der Waals surface area contributed by atoms with Gasteiger partial charge in [-0.2, -0.15) is 10.5 Å². The van der Waals surface area contributed by atoms with Crippen LogP contribution in [0.3, 0.4) is 0 Å². The van der Waals surface area contributed by atoms with E-state index in [2.05, 4.69) is 5.32 Å². The lowest BCUT2D eigenvalue weighted by atomic mass is 10.1. The molecule has 6 heteroatoms. The van der Waals surface area contributed by atoms with Gasteiger partial charge in [0, 0.05) is 12.1 Å². The summed E-state index contributed by atoms with van der Waals surface area (Å²) in [6.07, 6.45) is 0. The summed E-state index contributed by atoms with van der Waals surface area (Å²) in [7, 11) is 0. The van der Waals surface area contributed by atoms with Crippen molar-refractivity contribution < 1.29 is 8.78 Å². The van der Waals surface area contributed by atoms with Crippen molar-refractivity contribution in [2.75, 3.05) is 5.32 Å². The third kappa shape index (κ3) is 3.28. The Kier molecular flexibility index (Phi) is 4.37. The number of hydrogen-bond acceptors (Lipinski definition) is 3. The number of nitriles is 2. The van der Waals surface area contributed by atoms with E-state index >= 15 is 0 Å². The summed E-state index contributed by atoms with van der Waals surface area (Å²) in [4.78, 5) is 0. The number of benzene rings is 2. The first-order valence-electron chi connectivity index (χ1n) is 5.86. The van der Waals surface area contributed by atoms with Crippen LogP contribution in [0.4, 0.5) is 14.5 Å². The van der Waals surface area contributed by atoms with Crippen molar-refractivity contribution in [3.8, 4) is 12.1 Å². The minimum absolute atomic E-state index is 0.0849. The van der Waals surface area contributed by atoms with Crippen molar-refractivity contribution in [1.82, 2.24) is 0 Å². The van der Waals surface area contributed by atoms with Crippen LogP contribution in [0.25, 0.3) is 0 Å². The van der Waals surface area contributed by atoms with Gasteiger partial charge in [-0.25, -0.2) is 8.78 Å². The fourth-order valence-electron chi connectivity index (χ4n) is 1.75. The zero-order valence-electron chi connectivity index (χ0n) is 10.6. The summed E-state index contributed by atoms with van der Waals surface area (Å²) in [6, 6.07) is 10.1. The first-order chi connectivity index (χ1) is 10.0. The topological polar surface area (TPSA) is 59.6 Å². The average molecular weight is 304 g/mol. The highest BCUT2D eigenvalue weighted by Gasteiger charge is 2.12. The lowest BCUT2D eigenvalue weighted by Crippen LogP contribution is -2.06. The third-order valence-electron chi connectivity index (χ3n) is 2.82. The Balaban J connectivity index is 2.25. The molecule has 0 aliphatic heterocycles. The smallest absolute Gasteiger partial charge is 0.132 e. The number of anilines is 1. The summed E-state index contributed by atoms with van der Waals surface area (Å²) in [5.74, 6) is -1.63. The van der Waals surface area contributed by atoms with Gasteiger partial charge in [0.2, 0.25) is 0 Å².